The molecule has 2 N–H and O–H groups in total. The first-order valence-electron chi connectivity index (χ1n) is 6.42. The molecule has 0 aromatic carbocycles. The van der Waals surface area contributed by atoms with Gasteiger partial charge in [0, 0.05) is 11.1 Å². The number of carboxylic acids is 1. The zero-order valence-corrected chi connectivity index (χ0v) is 11.9. The molecule has 20 heavy (non-hydrogen) atoms. The minimum atomic E-state index is -1.93. The van der Waals surface area contributed by atoms with Crippen molar-refractivity contribution in [3.05, 3.63) is 11.1 Å². The molecule has 0 aromatic heterocycles. The molecule has 3 unspecified atom stereocenters. The number of carboxylic acid groups (broad SMARTS) is 1. The number of hydrogen-bond donors (Lipinski definition) is 2. The van der Waals surface area contributed by atoms with Crippen LogP contribution in [0.15, 0.2) is 11.1 Å². The van der Waals surface area contributed by atoms with E-state index in [-0.39, 0.29) is 30.0 Å². The van der Waals surface area contributed by atoms with Gasteiger partial charge in [0.05, 0.1) is 0 Å². The lowest BCUT2D eigenvalue weighted by molar-refractivity contribution is -0.157. The number of Topliss-reactive ketones (excluding diaryl/α,β-unsaturated/α-hetero) is 2. The van der Waals surface area contributed by atoms with Crippen molar-refractivity contribution in [1.29, 1.82) is 0 Å². The second-order valence-electron chi connectivity index (χ2n) is 6.01. The third-order valence-corrected chi connectivity index (χ3v) is 4.53. The van der Waals surface area contributed by atoms with Crippen molar-refractivity contribution in [2.24, 2.45) is 0 Å². The summed E-state index contributed by atoms with van der Waals surface area (Å²) >= 11 is 0. The molecule has 6 nitrogen and oxygen atoms in total. The molecule has 1 saturated heterocycles. The van der Waals surface area contributed by atoms with Gasteiger partial charge in [-0.05, 0) is 40.5 Å². The average Bonchev–Trinajstić information content (AvgIpc) is 2.92. The van der Waals surface area contributed by atoms with Gasteiger partial charge in [-0.25, -0.2) is 4.79 Å². The summed E-state index contributed by atoms with van der Waals surface area (Å²) in [6.07, 6.45) is -0.106. The summed E-state index contributed by atoms with van der Waals surface area (Å²) in [6.45, 7) is 5.85. The number of aliphatic hydroxyl groups is 1. The molecule has 1 aliphatic carbocycles. The quantitative estimate of drug-likeness (QED) is 0.732. The third kappa shape index (κ3) is 1.75. The van der Waals surface area contributed by atoms with Crippen molar-refractivity contribution in [2.45, 2.75) is 57.3 Å². The predicted octanol–water partition coefficient (Wildman–Crippen LogP) is 0.618. The van der Waals surface area contributed by atoms with Crippen LogP contribution in [-0.2, 0) is 19.1 Å². The van der Waals surface area contributed by atoms with Crippen LogP contribution in [-0.4, -0.2) is 44.6 Å². The number of ketones is 2. The standard InChI is InChI=1S/C14H18O6/c1-7-8(5-6-12(2,19)11(17)18)10(16)14(4)13(3,20-14)9(7)15/h19H,5-6H2,1-4H3,(H,17,18). The fourth-order valence-electron chi connectivity index (χ4n) is 2.64. The first kappa shape index (κ1) is 14.9. The minimum Gasteiger partial charge on any atom is -0.479 e. The summed E-state index contributed by atoms with van der Waals surface area (Å²) in [7, 11) is 0. The van der Waals surface area contributed by atoms with Crippen LogP contribution in [0.2, 0.25) is 0 Å². The molecule has 3 atom stereocenters. The monoisotopic (exact) mass is 282 g/mol. The van der Waals surface area contributed by atoms with Crippen molar-refractivity contribution >= 4 is 17.5 Å². The van der Waals surface area contributed by atoms with E-state index < -0.39 is 22.8 Å². The van der Waals surface area contributed by atoms with E-state index in [9.17, 15) is 19.5 Å². The SMILES string of the molecule is CC1=C(CCC(C)(O)C(=O)O)C(=O)C2(C)OC2(C)C1=O. The number of fused-ring (bicyclic) bond motifs is 1. The Kier molecular flexibility index (Phi) is 2.97. The summed E-state index contributed by atoms with van der Waals surface area (Å²) in [5, 5.41) is 18.6. The second-order valence-corrected chi connectivity index (χ2v) is 6.01. The van der Waals surface area contributed by atoms with Gasteiger partial charge >= 0.3 is 5.97 Å². The highest BCUT2D eigenvalue weighted by molar-refractivity contribution is 6.22. The number of ether oxygens (including phenoxy) is 1. The smallest absolute Gasteiger partial charge is 0.335 e. The second kappa shape index (κ2) is 3.99. The van der Waals surface area contributed by atoms with Crippen molar-refractivity contribution in [3.63, 3.8) is 0 Å². The van der Waals surface area contributed by atoms with Gasteiger partial charge in [-0.2, -0.15) is 0 Å². The summed E-state index contributed by atoms with van der Waals surface area (Å²) in [6, 6.07) is 0. The summed E-state index contributed by atoms with van der Waals surface area (Å²) < 4.78 is 5.34. The van der Waals surface area contributed by atoms with E-state index in [2.05, 4.69) is 0 Å². The Morgan fingerprint density at radius 1 is 1.25 bits per heavy atom. The number of hydrogen-bond acceptors (Lipinski definition) is 5. The first-order chi connectivity index (χ1) is 8.97. The van der Waals surface area contributed by atoms with Crippen molar-refractivity contribution in [2.75, 3.05) is 0 Å². The Bertz CT molecular complexity index is 558. The Labute approximate surface area is 116 Å². The van der Waals surface area contributed by atoms with Gasteiger partial charge in [0.25, 0.3) is 0 Å². The van der Waals surface area contributed by atoms with E-state index >= 15 is 0 Å². The van der Waals surface area contributed by atoms with E-state index in [1.165, 1.54) is 13.8 Å². The van der Waals surface area contributed by atoms with Gasteiger partial charge in [-0.1, -0.05) is 0 Å². The van der Waals surface area contributed by atoms with Crippen molar-refractivity contribution < 1.29 is 29.3 Å². The Hall–Kier alpha value is -1.53. The van der Waals surface area contributed by atoms with E-state index in [1.54, 1.807) is 13.8 Å². The molecule has 0 aromatic rings. The number of carbonyl (C=O) groups is 3. The van der Waals surface area contributed by atoms with Crippen molar-refractivity contribution in [3.8, 4) is 0 Å². The highest BCUT2D eigenvalue weighted by atomic mass is 16.6. The van der Waals surface area contributed by atoms with Gasteiger partial charge in [-0.15, -0.1) is 0 Å². The number of rotatable bonds is 4. The predicted molar refractivity (Wildman–Crippen MR) is 68.1 cm³/mol. The topological polar surface area (TPSA) is 104 Å². The van der Waals surface area contributed by atoms with Gasteiger partial charge in [0.1, 0.15) is 0 Å². The minimum absolute atomic E-state index is 0.0325. The molecule has 0 spiro atoms. The van der Waals surface area contributed by atoms with Crippen LogP contribution in [0, 0.1) is 0 Å². The van der Waals surface area contributed by atoms with Crippen LogP contribution >= 0.6 is 0 Å². The highest BCUT2D eigenvalue weighted by Gasteiger charge is 2.75. The largest absolute Gasteiger partial charge is 0.479 e. The zero-order chi connectivity index (χ0) is 15.5. The molecule has 2 rings (SSSR count). The van der Waals surface area contributed by atoms with Crippen LogP contribution in [0.1, 0.15) is 40.5 Å². The Morgan fingerprint density at radius 3 is 2.25 bits per heavy atom. The average molecular weight is 282 g/mol. The van der Waals surface area contributed by atoms with Gasteiger partial charge < -0.3 is 14.9 Å². The number of aliphatic carboxylic acids is 1. The van der Waals surface area contributed by atoms with E-state index in [0.717, 1.165) is 0 Å². The molecule has 6 heteroatoms. The van der Waals surface area contributed by atoms with Crippen molar-refractivity contribution in [1.82, 2.24) is 0 Å². The van der Waals surface area contributed by atoms with Crippen LogP contribution < -0.4 is 0 Å². The lowest BCUT2D eigenvalue weighted by atomic mass is 9.74. The van der Waals surface area contributed by atoms with E-state index in [0.29, 0.717) is 5.57 Å². The maximum absolute atomic E-state index is 12.4. The zero-order valence-electron chi connectivity index (χ0n) is 11.9. The molecular formula is C14H18O6. The molecule has 1 aliphatic heterocycles. The van der Waals surface area contributed by atoms with Crippen LogP contribution in [0.5, 0.6) is 0 Å². The normalized spacial score (nSPS) is 35.6. The molecule has 0 amide bonds. The fraction of sp³-hybridized carbons (Fsp3) is 0.643. The summed E-state index contributed by atoms with van der Waals surface area (Å²) in [4.78, 5) is 35.4. The summed E-state index contributed by atoms with van der Waals surface area (Å²) in [5.74, 6) is -1.90. The van der Waals surface area contributed by atoms with Crippen LogP contribution in [0.3, 0.4) is 0 Å². The van der Waals surface area contributed by atoms with Gasteiger partial charge in [-0.3, -0.25) is 9.59 Å². The summed E-state index contributed by atoms with van der Waals surface area (Å²) in [5.41, 5.74) is -3.61. The maximum atomic E-state index is 12.4. The van der Waals surface area contributed by atoms with Gasteiger partial charge in [0.2, 0.25) is 0 Å². The number of carbonyl (C=O) groups excluding carboxylic acids is 2. The fourth-order valence-corrected chi connectivity index (χ4v) is 2.64. The van der Waals surface area contributed by atoms with E-state index in [1.807, 2.05) is 0 Å². The molecule has 2 aliphatic rings. The lowest BCUT2D eigenvalue weighted by Gasteiger charge is -2.24. The number of epoxide rings is 1. The van der Waals surface area contributed by atoms with Crippen LogP contribution in [0.4, 0.5) is 0 Å². The molecular weight excluding hydrogens is 264 g/mol. The molecule has 0 radical (unpaired) electrons. The Balaban J connectivity index is 2.26. The Morgan fingerprint density at radius 2 is 1.75 bits per heavy atom. The third-order valence-electron chi connectivity index (χ3n) is 4.53. The molecule has 1 heterocycles. The molecule has 1 fully saturated rings. The molecule has 110 valence electrons. The molecule has 0 saturated carbocycles. The maximum Gasteiger partial charge on any atom is 0.335 e. The highest BCUT2D eigenvalue weighted by Crippen LogP contribution is 2.55. The van der Waals surface area contributed by atoms with Crippen LogP contribution in [0.25, 0.3) is 0 Å². The van der Waals surface area contributed by atoms with Gasteiger partial charge in [0.15, 0.2) is 28.4 Å². The first-order valence-corrected chi connectivity index (χ1v) is 6.42. The van der Waals surface area contributed by atoms with E-state index in [4.69, 9.17) is 9.84 Å². The lowest BCUT2D eigenvalue weighted by Crippen LogP contribution is -2.43. The molecule has 0 bridgehead atoms.